The van der Waals surface area contributed by atoms with E-state index in [2.05, 4.69) is 15.2 Å². The van der Waals surface area contributed by atoms with Gasteiger partial charge in [-0.05, 0) is 0 Å². The minimum atomic E-state index is -4.72. The smallest absolute Gasteiger partial charge is 0.395 e. The van der Waals surface area contributed by atoms with Crippen molar-refractivity contribution in [2.45, 2.75) is 37.3 Å². The molecule has 1 aliphatic heterocycles. The van der Waals surface area contributed by atoms with E-state index in [0.29, 0.717) is 0 Å². The van der Waals surface area contributed by atoms with Crippen molar-refractivity contribution in [1.29, 1.82) is 0 Å². The number of aliphatic hydroxyl groups is 3. The van der Waals surface area contributed by atoms with Crippen LogP contribution in [0.3, 0.4) is 0 Å². The number of hydrogen-bond donors (Lipinski definition) is 7. The number of aliphatic hydroxyl groups excluding tert-OH is 3. The molecular weight excluding hydrogens is 295 g/mol. The molecule has 0 radical (unpaired) electrons. The molecule has 1 amide bonds. The van der Waals surface area contributed by atoms with Crippen molar-refractivity contribution in [2.24, 2.45) is 0 Å². The molecule has 20 heavy (non-hydrogen) atoms. The highest BCUT2D eigenvalue weighted by Gasteiger charge is 2.43. The van der Waals surface area contributed by atoms with Gasteiger partial charge in [-0.3, -0.25) is 9.32 Å². The number of nitrogens with one attached hydrogen (secondary N) is 2. The molecule has 1 saturated heterocycles. The van der Waals surface area contributed by atoms with Gasteiger partial charge in [0.05, 0.1) is 37.4 Å². The molecule has 0 saturated carbocycles. The lowest BCUT2D eigenvalue weighted by molar-refractivity contribution is -0.124. The lowest BCUT2D eigenvalue weighted by atomic mass is 9.88. The Hall–Kier alpha value is -0.580. The molecule has 0 aromatic carbocycles. The van der Waals surface area contributed by atoms with Gasteiger partial charge in [0.1, 0.15) is 6.10 Å². The number of amides is 1. The van der Waals surface area contributed by atoms with E-state index in [-0.39, 0.29) is 0 Å². The van der Waals surface area contributed by atoms with Crippen LogP contribution in [0.25, 0.3) is 0 Å². The molecule has 10 nitrogen and oxygen atoms in total. The first-order valence-electron chi connectivity index (χ1n) is 5.86. The van der Waals surface area contributed by atoms with Crippen LogP contribution in [0, 0.1) is 0 Å². The summed E-state index contributed by atoms with van der Waals surface area (Å²) in [4.78, 5) is 28.4. The van der Waals surface area contributed by atoms with Gasteiger partial charge in [-0.25, -0.2) is 4.57 Å². The van der Waals surface area contributed by atoms with E-state index >= 15 is 0 Å². The minimum absolute atomic E-state index is 0.494. The summed E-state index contributed by atoms with van der Waals surface area (Å²) < 4.78 is 15.0. The van der Waals surface area contributed by atoms with Crippen LogP contribution in [0.15, 0.2) is 0 Å². The van der Waals surface area contributed by atoms with E-state index in [9.17, 15) is 19.6 Å². The molecule has 0 aromatic rings. The van der Waals surface area contributed by atoms with Crippen LogP contribution in [-0.4, -0.2) is 74.6 Å². The number of hydrogen-bond acceptors (Lipinski definition) is 7. The van der Waals surface area contributed by atoms with Crippen molar-refractivity contribution in [3.63, 3.8) is 0 Å². The molecule has 7 N–H and O–H groups in total. The zero-order valence-electron chi connectivity index (χ0n) is 10.7. The standard InChI is InChI=1S/C9H19N2O8P/c1-4(13)10-7-6(3-19-20(16,17)18)11-5(2-12)8(14)9(7)15/h5-9,11-12,14-15H,2-3H2,1H3,(H,10,13)(H2,16,17,18)/t5?,6-,7?,8-,9?/m1/s1. The monoisotopic (exact) mass is 314 g/mol. The van der Waals surface area contributed by atoms with Gasteiger partial charge in [0.2, 0.25) is 5.91 Å². The number of phosphoric acid groups is 1. The molecular formula is C9H19N2O8P. The summed E-state index contributed by atoms with van der Waals surface area (Å²) in [6.07, 6.45) is -2.76. The summed E-state index contributed by atoms with van der Waals surface area (Å²) in [5.74, 6) is -0.494. The van der Waals surface area contributed by atoms with E-state index in [1.165, 1.54) is 6.92 Å². The maximum atomic E-state index is 11.1. The summed E-state index contributed by atoms with van der Waals surface area (Å²) in [5, 5.41) is 33.8. The highest BCUT2D eigenvalue weighted by molar-refractivity contribution is 7.46. The molecule has 0 aliphatic carbocycles. The third-order valence-corrected chi connectivity index (χ3v) is 3.47. The molecule has 1 rings (SSSR count). The average molecular weight is 314 g/mol. The quantitative estimate of drug-likeness (QED) is 0.256. The van der Waals surface area contributed by atoms with E-state index in [4.69, 9.17) is 14.9 Å². The lowest BCUT2D eigenvalue weighted by Gasteiger charge is -2.43. The SMILES string of the molecule is CC(=O)NC1C(O)[C@H](O)C(CO)N[C@@H]1COP(=O)(O)O. The van der Waals surface area contributed by atoms with Gasteiger partial charge in [-0.1, -0.05) is 0 Å². The summed E-state index contributed by atoms with van der Waals surface area (Å²) >= 11 is 0. The van der Waals surface area contributed by atoms with Crippen molar-refractivity contribution in [3.05, 3.63) is 0 Å². The summed E-state index contributed by atoms with van der Waals surface area (Å²) in [5.41, 5.74) is 0. The first-order valence-corrected chi connectivity index (χ1v) is 7.39. The molecule has 0 bridgehead atoms. The largest absolute Gasteiger partial charge is 0.469 e. The maximum absolute atomic E-state index is 11.1. The van der Waals surface area contributed by atoms with Gasteiger partial charge in [0.25, 0.3) is 0 Å². The Bertz CT molecular complexity index is 388. The molecule has 11 heteroatoms. The Labute approximate surface area is 115 Å². The van der Waals surface area contributed by atoms with Crippen molar-refractivity contribution >= 4 is 13.7 Å². The number of phosphoric ester groups is 1. The molecule has 0 spiro atoms. The zero-order chi connectivity index (χ0) is 15.5. The van der Waals surface area contributed by atoms with Gasteiger partial charge in [-0.15, -0.1) is 0 Å². The van der Waals surface area contributed by atoms with Crippen LogP contribution >= 0.6 is 7.82 Å². The number of carbonyl (C=O) groups excluding carboxylic acids is 1. The van der Waals surface area contributed by atoms with Gasteiger partial charge in [0.15, 0.2) is 0 Å². The predicted octanol–water partition coefficient (Wildman–Crippen LogP) is -3.35. The van der Waals surface area contributed by atoms with Crippen LogP contribution in [0.1, 0.15) is 6.92 Å². The predicted molar refractivity (Wildman–Crippen MR) is 65.4 cm³/mol. The topological polar surface area (TPSA) is 169 Å². The van der Waals surface area contributed by atoms with Crippen LogP contribution in [-0.2, 0) is 13.9 Å². The second-order valence-corrected chi connectivity index (χ2v) is 5.80. The van der Waals surface area contributed by atoms with Crippen LogP contribution < -0.4 is 10.6 Å². The van der Waals surface area contributed by atoms with Gasteiger partial charge in [0, 0.05) is 6.92 Å². The number of carbonyl (C=O) groups is 1. The Kier molecular flexibility index (Phi) is 6.05. The van der Waals surface area contributed by atoms with Crippen LogP contribution in [0.5, 0.6) is 0 Å². The first-order chi connectivity index (χ1) is 9.15. The summed E-state index contributed by atoms with van der Waals surface area (Å²) in [7, 11) is -4.72. The molecule has 3 unspecified atom stereocenters. The second kappa shape index (κ2) is 6.92. The van der Waals surface area contributed by atoms with Crippen molar-refractivity contribution in [2.75, 3.05) is 13.2 Å². The molecule has 0 aromatic heterocycles. The Morgan fingerprint density at radius 2 is 1.90 bits per heavy atom. The summed E-state index contributed by atoms with van der Waals surface area (Å²) in [6, 6.07) is -2.81. The van der Waals surface area contributed by atoms with Gasteiger partial charge < -0.3 is 35.7 Å². The fourth-order valence-corrected chi connectivity index (χ4v) is 2.43. The number of piperidine rings is 1. The Morgan fingerprint density at radius 3 is 2.35 bits per heavy atom. The van der Waals surface area contributed by atoms with Crippen molar-refractivity contribution in [1.82, 2.24) is 10.6 Å². The summed E-state index contributed by atoms with van der Waals surface area (Å²) in [6.45, 7) is 0.172. The van der Waals surface area contributed by atoms with E-state index in [1.54, 1.807) is 0 Å². The fourth-order valence-electron chi connectivity index (χ4n) is 2.08. The molecule has 5 atom stereocenters. The van der Waals surface area contributed by atoms with E-state index in [0.717, 1.165) is 0 Å². The van der Waals surface area contributed by atoms with Gasteiger partial charge >= 0.3 is 7.82 Å². The zero-order valence-corrected chi connectivity index (χ0v) is 11.6. The normalized spacial score (nSPS) is 34.8. The molecule has 1 fully saturated rings. The van der Waals surface area contributed by atoms with E-state index < -0.39 is 57.3 Å². The third kappa shape index (κ3) is 4.76. The minimum Gasteiger partial charge on any atom is -0.395 e. The average Bonchev–Trinajstić information content (AvgIpc) is 2.32. The highest BCUT2D eigenvalue weighted by Crippen LogP contribution is 2.36. The van der Waals surface area contributed by atoms with E-state index in [1.807, 2.05) is 0 Å². The molecule has 1 heterocycles. The van der Waals surface area contributed by atoms with Crippen LogP contribution in [0.2, 0.25) is 0 Å². The molecule has 1 aliphatic rings. The van der Waals surface area contributed by atoms with Gasteiger partial charge in [-0.2, -0.15) is 0 Å². The van der Waals surface area contributed by atoms with Crippen LogP contribution in [0.4, 0.5) is 0 Å². The Morgan fingerprint density at radius 1 is 1.30 bits per heavy atom. The highest BCUT2D eigenvalue weighted by atomic mass is 31.2. The lowest BCUT2D eigenvalue weighted by Crippen LogP contribution is -2.71. The Balaban J connectivity index is 2.83. The second-order valence-electron chi connectivity index (χ2n) is 4.56. The van der Waals surface area contributed by atoms with Crippen molar-refractivity contribution < 1.29 is 39.0 Å². The maximum Gasteiger partial charge on any atom is 0.469 e. The fraction of sp³-hybridized carbons (Fsp3) is 0.889. The van der Waals surface area contributed by atoms with Crippen molar-refractivity contribution in [3.8, 4) is 0 Å². The molecule has 118 valence electrons. The third-order valence-electron chi connectivity index (χ3n) is 2.98. The first kappa shape index (κ1) is 17.5. The number of rotatable bonds is 5.